The molecule has 3 nitrogen and oxygen atoms in total. The molecule has 18 heavy (non-hydrogen) atoms. The van der Waals surface area contributed by atoms with Crippen molar-refractivity contribution in [3.05, 3.63) is 57.2 Å². The maximum Gasteiger partial charge on any atom is 0.256 e. The third kappa shape index (κ3) is 3.09. The van der Waals surface area contributed by atoms with E-state index in [4.69, 9.17) is 11.6 Å². The number of carbonyl (C=O) groups is 1. The maximum absolute atomic E-state index is 12.0. The molecule has 2 rings (SSSR count). The Morgan fingerprint density at radius 3 is 2.61 bits per heavy atom. The first-order valence-corrected chi connectivity index (χ1v) is 6.42. The molecule has 0 aliphatic rings. The Balaban J connectivity index is 2.18. The number of nitrogens with one attached hydrogen (secondary N) is 1. The largest absolute Gasteiger partial charge is 0.306 e. The molecule has 5 heteroatoms. The standard InChI is InChI=1S/C13H10BrClN2O/c1-8-2-4-9(5-3-8)13(18)17-12-11(14)6-10(15)7-16-12/h2-7H,1H3,(H,16,17,18). The molecule has 2 aromatic rings. The smallest absolute Gasteiger partial charge is 0.256 e. The van der Waals surface area contributed by atoms with Gasteiger partial charge >= 0.3 is 0 Å². The van der Waals surface area contributed by atoms with Gasteiger partial charge < -0.3 is 5.32 Å². The summed E-state index contributed by atoms with van der Waals surface area (Å²) < 4.78 is 0.649. The van der Waals surface area contributed by atoms with Crippen LogP contribution < -0.4 is 5.32 Å². The van der Waals surface area contributed by atoms with Gasteiger partial charge in [-0.15, -0.1) is 0 Å². The Kier molecular flexibility index (Phi) is 3.99. The molecule has 0 aliphatic carbocycles. The fraction of sp³-hybridized carbons (Fsp3) is 0.0769. The number of amides is 1. The second-order valence-corrected chi connectivity index (χ2v) is 5.09. The van der Waals surface area contributed by atoms with Crippen molar-refractivity contribution >= 4 is 39.3 Å². The van der Waals surface area contributed by atoms with E-state index in [1.165, 1.54) is 6.20 Å². The van der Waals surface area contributed by atoms with Gasteiger partial charge in [-0.25, -0.2) is 4.98 Å². The second-order valence-electron chi connectivity index (χ2n) is 3.80. The molecular formula is C13H10BrClN2O. The van der Waals surface area contributed by atoms with Crippen molar-refractivity contribution in [1.82, 2.24) is 4.98 Å². The Labute approximate surface area is 118 Å². The predicted molar refractivity (Wildman–Crippen MR) is 76.1 cm³/mol. The molecule has 1 heterocycles. The molecule has 0 saturated heterocycles. The zero-order chi connectivity index (χ0) is 13.1. The number of aromatic nitrogens is 1. The van der Waals surface area contributed by atoms with E-state index in [-0.39, 0.29) is 5.91 Å². The van der Waals surface area contributed by atoms with E-state index in [0.29, 0.717) is 20.9 Å². The number of hydrogen-bond acceptors (Lipinski definition) is 2. The van der Waals surface area contributed by atoms with Crippen LogP contribution in [0.15, 0.2) is 41.0 Å². The number of nitrogens with zero attached hydrogens (tertiary/aromatic N) is 1. The summed E-state index contributed by atoms with van der Waals surface area (Å²) in [5, 5.41) is 3.23. The lowest BCUT2D eigenvalue weighted by Gasteiger charge is -2.06. The summed E-state index contributed by atoms with van der Waals surface area (Å²) >= 11 is 9.08. The van der Waals surface area contributed by atoms with Crippen LogP contribution in [-0.2, 0) is 0 Å². The van der Waals surface area contributed by atoms with E-state index in [9.17, 15) is 4.79 Å². The fourth-order valence-corrected chi connectivity index (χ4v) is 2.13. The van der Waals surface area contributed by atoms with Crippen LogP contribution in [0.25, 0.3) is 0 Å². The minimum atomic E-state index is -0.203. The lowest BCUT2D eigenvalue weighted by Crippen LogP contribution is -2.13. The monoisotopic (exact) mass is 324 g/mol. The van der Waals surface area contributed by atoms with Crippen molar-refractivity contribution < 1.29 is 4.79 Å². The zero-order valence-electron chi connectivity index (χ0n) is 9.58. The quantitative estimate of drug-likeness (QED) is 0.905. The topological polar surface area (TPSA) is 42.0 Å². The van der Waals surface area contributed by atoms with Gasteiger partial charge in [-0.1, -0.05) is 29.3 Å². The van der Waals surface area contributed by atoms with Gasteiger partial charge in [0, 0.05) is 11.8 Å². The Morgan fingerprint density at radius 1 is 1.33 bits per heavy atom. The van der Waals surface area contributed by atoms with Crippen LogP contribution in [0.2, 0.25) is 5.02 Å². The van der Waals surface area contributed by atoms with E-state index >= 15 is 0 Å². The van der Waals surface area contributed by atoms with Crippen LogP contribution in [0.4, 0.5) is 5.82 Å². The highest BCUT2D eigenvalue weighted by Crippen LogP contribution is 2.23. The van der Waals surface area contributed by atoms with Crippen molar-refractivity contribution in [2.45, 2.75) is 6.92 Å². The number of benzene rings is 1. The number of anilines is 1. The van der Waals surface area contributed by atoms with Crippen LogP contribution in [0.5, 0.6) is 0 Å². The molecule has 1 aromatic heterocycles. The third-order valence-electron chi connectivity index (χ3n) is 2.35. The van der Waals surface area contributed by atoms with E-state index < -0.39 is 0 Å². The first kappa shape index (κ1) is 13.1. The minimum Gasteiger partial charge on any atom is -0.306 e. The average molecular weight is 326 g/mol. The fourth-order valence-electron chi connectivity index (χ4n) is 1.39. The highest BCUT2D eigenvalue weighted by atomic mass is 79.9. The Morgan fingerprint density at radius 2 is 2.00 bits per heavy atom. The lowest BCUT2D eigenvalue weighted by molar-refractivity contribution is 0.102. The summed E-state index contributed by atoms with van der Waals surface area (Å²) in [6.45, 7) is 1.97. The van der Waals surface area contributed by atoms with Crippen LogP contribution >= 0.6 is 27.5 Å². The summed E-state index contributed by atoms with van der Waals surface area (Å²) in [4.78, 5) is 16.0. The molecule has 1 N–H and O–H groups in total. The van der Waals surface area contributed by atoms with Gasteiger partial charge in [0.05, 0.1) is 9.50 Å². The van der Waals surface area contributed by atoms with E-state index in [0.717, 1.165) is 5.56 Å². The van der Waals surface area contributed by atoms with Gasteiger partial charge in [-0.3, -0.25) is 4.79 Å². The van der Waals surface area contributed by atoms with Gasteiger partial charge in [0.1, 0.15) is 5.82 Å². The maximum atomic E-state index is 12.0. The van der Waals surface area contributed by atoms with Crippen molar-refractivity contribution in [2.75, 3.05) is 5.32 Å². The SMILES string of the molecule is Cc1ccc(C(=O)Nc2ncc(Cl)cc2Br)cc1. The first-order valence-electron chi connectivity index (χ1n) is 5.25. The third-order valence-corrected chi connectivity index (χ3v) is 3.16. The van der Waals surface area contributed by atoms with Crippen LogP contribution in [0.1, 0.15) is 15.9 Å². The molecule has 1 aromatic carbocycles. The van der Waals surface area contributed by atoms with Gasteiger partial charge in [-0.2, -0.15) is 0 Å². The lowest BCUT2D eigenvalue weighted by atomic mass is 10.1. The summed E-state index contributed by atoms with van der Waals surface area (Å²) in [6.07, 6.45) is 1.48. The number of hydrogen-bond donors (Lipinski definition) is 1. The molecular weight excluding hydrogens is 316 g/mol. The van der Waals surface area contributed by atoms with Crippen LogP contribution in [0.3, 0.4) is 0 Å². The van der Waals surface area contributed by atoms with Gasteiger partial charge in [0.2, 0.25) is 0 Å². The van der Waals surface area contributed by atoms with Crippen molar-refractivity contribution in [3.63, 3.8) is 0 Å². The first-order chi connectivity index (χ1) is 8.56. The van der Waals surface area contributed by atoms with Crippen LogP contribution in [-0.4, -0.2) is 10.9 Å². The van der Waals surface area contributed by atoms with Crippen molar-refractivity contribution in [3.8, 4) is 0 Å². The summed E-state index contributed by atoms with van der Waals surface area (Å²) in [7, 11) is 0. The Bertz CT molecular complexity index is 584. The van der Waals surface area contributed by atoms with Gasteiger partial charge in [0.15, 0.2) is 0 Å². The van der Waals surface area contributed by atoms with E-state index in [2.05, 4.69) is 26.2 Å². The Hall–Kier alpha value is -1.39. The predicted octanol–water partition coefficient (Wildman–Crippen LogP) is 4.06. The minimum absolute atomic E-state index is 0.203. The molecule has 0 unspecified atom stereocenters. The molecule has 0 fully saturated rings. The molecule has 1 amide bonds. The molecule has 0 radical (unpaired) electrons. The van der Waals surface area contributed by atoms with Gasteiger partial charge in [0.25, 0.3) is 5.91 Å². The molecule has 92 valence electrons. The van der Waals surface area contributed by atoms with Gasteiger partial charge in [-0.05, 0) is 41.1 Å². The number of halogens is 2. The normalized spacial score (nSPS) is 10.2. The van der Waals surface area contributed by atoms with Crippen LogP contribution in [0, 0.1) is 6.92 Å². The summed E-state index contributed by atoms with van der Waals surface area (Å²) in [5.41, 5.74) is 1.70. The zero-order valence-corrected chi connectivity index (χ0v) is 11.9. The highest BCUT2D eigenvalue weighted by Gasteiger charge is 2.09. The summed E-state index contributed by atoms with van der Waals surface area (Å²) in [5.74, 6) is 0.246. The molecule has 0 bridgehead atoms. The highest BCUT2D eigenvalue weighted by molar-refractivity contribution is 9.10. The molecule has 0 saturated carbocycles. The number of aryl methyl sites for hydroxylation is 1. The molecule has 0 atom stereocenters. The van der Waals surface area contributed by atoms with Crippen molar-refractivity contribution in [2.24, 2.45) is 0 Å². The molecule has 0 aliphatic heterocycles. The number of carbonyl (C=O) groups excluding carboxylic acids is 1. The number of pyridine rings is 1. The van der Waals surface area contributed by atoms with Crippen molar-refractivity contribution in [1.29, 1.82) is 0 Å². The second kappa shape index (κ2) is 5.50. The van der Waals surface area contributed by atoms with E-state index in [1.54, 1.807) is 18.2 Å². The molecule has 0 spiro atoms. The average Bonchev–Trinajstić information content (AvgIpc) is 2.33. The summed E-state index contributed by atoms with van der Waals surface area (Å²) in [6, 6.07) is 9.00. The van der Waals surface area contributed by atoms with E-state index in [1.807, 2.05) is 19.1 Å². The number of rotatable bonds is 2.